The maximum absolute atomic E-state index is 14.7. The summed E-state index contributed by atoms with van der Waals surface area (Å²) in [5.74, 6) is -0.945. The van der Waals surface area contributed by atoms with Crippen LogP contribution < -0.4 is 4.74 Å². The maximum Gasteiger partial charge on any atom is 0.432 e. The van der Waals surface area contributed by atoms with E-state index >= 15 is 0 Å². The van der Waals surface area contributed by atoms with Crippen LogP contribution in [0, 0.1) is 0 Å². The van der Waals surface area contributed by atoms with Gasteiger partial charge in [0.1, 0.15) is 11.4 Å². The van der Waals surface area contributed by atoms with E-state index in [2.05, 4.69) is 9.97 Å². The van der Waals surface area contributed by atoms with Crippen LogP contribution in [-0.4, -0.2) is 26.9 Å². The number of ketones is 1. The molecule has 0 unspecified atom stereocenters. The fourth-order valence-electron chi connectivity index (χ4n) is 4.22. The minimum atomic E-state index is -4.90. The summed E-state index contributed by atoms with van der Waals surface area (Å²) in [7, 11) is 0. The quantitative estimate of drug-likeness (QED) is 0.191. The molecule has 0 aliphatic heterocycles. The summed E-state index contributed by atoms with van der Waals surface area (Å²) in [5, 5.41) is 0.597. The predicted molar refractivity (Wildman–Crippen MR) is 137 cm³/mol. The van der Waals surface area contributed by atoms with Crippen molar-refractivity contribution in [1.29, 1.82) is 0 Å². The van der Waals surface area contributed by atoms with Crippen molar-refractivity contribution in [3.63, 3.8) is 0 Å². The summed E-state index contributed by atoms with van der Waals surface area (Å²) in [6.07, 6.45) is -0.777. The van der Waals surface area contributed by atoms with Gasteiger partial charge in [-0.1, -0.05) is 29.3 Å². The number of carbonyl (C=O) groups excluding carboxylic acids is 1. The molecule has 3 aromatic heterocycles. The summed E-state index contributed by atoms with van der Waals surface area (Å²) < 4.78 is 56.2. The predicted octanol–water partition coefficient (Wildman–Crippen LogP) is 7.69. The Morgan fingerprint density at radius 2 is 1.92 bits per heavy atom. The molecule has 5 rings (SSSR count). The number of hydrogen-bond acceptors (Lipinski definition) is 5. The molecule has 5 aromatic rings. The van der Waals surface area contributed by atoms with Gasteiger partial charge in [0.05, 0.1) is 23.9 Å². The van der Waals surface area contributed by atoms with Crippen LogP contribution in [0.15, 0.2) is 71.5 Å². The Balaban J connectivity index is 1.73. The lowest BCUT2D eigenvalue weighted by atomic mass is 10.0. The molecule has 0 bridgehead atoms. The number of alkyl halides is 3. The van der Waals surface area contributed by atoms with Gasteiger partial charge < -0.3 is 13.7 Å². The smallest absolute Gasteiger partial charge is 0.432 e. The fourth-order valence-corrected chi connectivity index (χ4v) is 4.69. The monoisotopic (exact) mass is 559 g/mol. The highest BCUT2D eigenvalue weighted by Crippen LogP contribution is 2.41. The molecule has 0 saturated heterocycles. The summed E-state index contributed by atoms with van der Waals surface area (Å²) in [6.45, 7) is 1.78. The third kappa shape index (κ3) is 4.87. The zero-order valence-electron chi connectivity index (χ0n) is 19.7. The molecule has 0 saturated carbocycles. The van der Waals surface area contributed by atoms with Gasteiger partial charge in [-0.05, 0) is 55.0 Å². The van der Waals surface area contributed by atoms with E-state index in [1.54, 1.807) is 37.4 Å². The van der Waals surface area contributed by atoms with Crippen molar-refractivity contribution in [3.05, 3.63) is 99.7 Å². The first-order chi connectivity index (χ1) is 18.2. The maximum atomic E-state index is 14.7. The SMILES string of the molecule is CCOc1ccc2c(c1)c(C(=O)c1cnc(-c3cccnc3)o1)c(C(F)(F)F)n2Cc1ccc(Cl)cc1Cl. The molecule has 0 amide bonds. The topological polar surface area (TPSA) is 70.2 Å². The van der Waals surface area contributed by atoms with E-state index in [1.165, 1.54) is 30.5 Å². The van der Waals surface area contributed by atoms with E-state index in [0.717, 1.165) is 10.8 Å². The zero-order valence-corrected chi connectivity index (χ0v) is 21.2. The second-order valence-corrected chi connectivity index (χ2v) is 9.10. The number of pyridine rings is 1. The standard InChI is InChI=1S/C27H18Cl2F3N3O3/c1-2-37-18-7-8-21-19(11-18)23(24(36)22-13-34-26(38-22)15-4-3-9-33-12-15)25(27(30,31)32)35(21)14-16-5-6-17(28)10-20(16)29/h3-13H,2,14H2,1H3. The molecule has 38 heavy (non-hydrogen) atoms. The van der Waals surface area contributed by atoms with E-state index in [0.29, 0.717) is 28.5 Å². The number of ether oxygens (including phenoxy) is 1. The zero-order chi connectivity index (χ0) is 27.0. The Labute approximate surface area is 224 Å². The summed E-state index contributed by atoms with van der Waals surface area (Å²) >= 11 is 12.3. The number of aromatic nitrogens is 3. The van der Waals surface area contributed by atoms with Crippen molar-refractivity contribution in [2.75, 3.05) is 6.61 Å². The minimum Gasteiger partial charge on any atom is -0.494 e. The Bertz CT molecular complexity index is 1650. The molecular weight excluding hydrogens is 542 g/mol. The van der Waals surface area contributed by atoms with Gasteiger partial charge in [-0.15, -0.1) is 0 Å². The average molecular weight is 560 g/mol. The van der Waals surface area contributed by atoms with Gasteiger partial charge in [-0.2, -0.15) is 13.2 Å². The molecule has 0 N–H and O–H groups in total. The molecule has 3 heterocycles. The highest BCUT2D eigenvalue weighted by atomic mass is 35.5. The number of oxazole rings is 1. The number of carbonyl (C=O) groups is 1. The van der Waals surface area contributed by atoms with Crippen molar-refractivity contribution in [1.82, 2.24) is 14.5 Å². The molecular formula is C27H18Cl2F3N3O3. The number of halogens is 5. The van der Waals surface area contributed by atoms with E-state index in [-0.39, 0.29) is 34.1 Å². The number of fused-ring (bicyclic) bond motifs is 1. The molecule has 0 fully saturated rings. The number of benzene rings is 2. The highest BCUT2D eigenvalue weighted by molar-refractivity contribution is 6.35. The van der Waals surface area contributed by atoms with E-state index in [1.807, 2.05) is 0 Å². The normalized spacial score (nSPS) is 11.7. The average Bonchev–Trinajstić information content (AvgIpc) is 3.49. The second-order valence-electron chi connectivity index (χ2n) is 8.26. The Kier molecular flexibility index (Phi) is 6.90. The third-order valence-corrected chi connectivity index (χ3v) is 6.41. The first-order valence-electron chi connectivity index (χ1n) is 11.4. The number of hydrogen-bond donors (Lipinski definition) is 0. The Hall–Kier alpha value is -3.82. The molecule has 2 aromatic carbocycles. The van der Waals surface area contributed by atoms with Crippen LogP contribution in [0.5, 0.6) is 5.75 Å². The molecule has 6 nitrogen and oxygen atoms in total. The van der Waals surface area contributed by atoms with Crippen molar-refractivity contribution in [2.45, 2.75) is 19.6 Å². The van der Waals surface area contributed by atoms with Crippen LogP contribution in [0.2, 0.25) is 10.0 Å². The minimum absolute atomic E-state index is 0.0534. The lowest BCUT2D eigenvalue weighted by molar-refractivity contribution is -0.143. The molecule has 0 aliphatic carbocycles. The van der Waals surface area contributed by atoms with Crippen LogP contribution in [0.25, 0.3) is 22.4 Å². The second kappa shape index (κ2) is 10.2. The van der Waals surface area contributed by atoms with Crippen LogP contribution >= 0.6 is 23.2 Å². The Morgan fingerprint density at radius 3 is 2.61 bits per heavy atom. The van der Waals surface area contributed by atoms with Gasteiger partial charge in [0.25, 0.3) is 0 Å². The molecule has 194 valence electrons. The molecule has 0 radical (unpaired) electrons. The summed E-state index contributed by atoms with van der Waals surface area (Å²) in [4.78, 5) is 21.7. The summed E-state index contributed by atoms with van der Waals surface area (Å²) in [5.41, 5.74) is -0.683. The van der Waals surface area contributed by atoms with E-state index in [4.69, 9.17) is 32.4 Å². The van der Waals surface area contributed by atoms with Crippen molar-refractivity contribution >= 4 is 39.9 Å². The van der Waals surface area contributed by atoms with E-state index < -0.39 is 23.2 Å². The summed E-state index contributed by atoms with van der Waals surface area (Å²) in [6, 6.07) is 12.3. The van der Waals surface area contributed by atoms with Crippen molar-refractivity contribution in [2.24, 2.45) is 0 Å². The van der Waals surface area contributed by atoms with Crippen LogP contribution in [0.3, 0.4) is 0 Å². The molecule has 11 heteroatoms. The molecule has 0 aliphatic rings. The van der Waals surface area contributed by atoms with Gasteiger partial charge in [-0.3, -0.25) is 9.78 Å². The van der Waals surface area contributed by atoms with Crippen LogP contribution in [-0.2, 0) is 12.7 Å². The highest BCUT2D eigenvalue weighted by Gasteiger charge is 2.42. The van der Waals surface area contributed by atoms with Crippen molar-refractivity contribution in [3.8, 4) is 17.2 Å². The van der Waals surface area contributed by atoms with Crippen molar-refractivity contribution < 1.29 is 27.1 Å². The number of nitrogens with zero attached hydrogens (tertiary/aromatic N) is 3. The van der Waals surface area contributed by atoms with Gasteiger partial charge in [0.15, 0.2) is 5.76 Å². The van der Waals surface area contributed by atoms with E-state index in [9.17, 15) is 18.0 Å². The lowest BCUT2D eigenvalue weighted by Gasteiger charge is -2.15. The van der Waals surface area contributed by atoms with Gasteiger partial charge in [0.2, 0.25) is 11.7 Å². The first kappa shape index (κ1) is 25.8. The lowest BCUT2D eigenvalue weighted by Crippen LogP contribution is -2.18. The third-order valence-electron chi connectivity index (χ3n) is 5.82. The Morgan fingerprint density at radius 1 is 1.11 bits per heavy atom. The molecule has 0 spiro atoms. The fraction of sp³-hybridized carbons (Fsp3) is 0.148. The first-order valence-corrected chi connectivity index (χ1v) is 12.1. The van der Waals surface area contributed by atoms with Gasteiger partial charge >= 0.3 is 6.18 Å². The van der Waals surface area contributed by atoms with Gasteiger partial charge in [-0.25, -0.2) is 4.98 Å². The van der Waals surface area contributed by atoms with Crippen LogP contribution in [0.4, 0.5) is 13.2 Å². The number of rotatable bonds is 7. The largest absolute Gasteiger partial charge is 0.494 e. The van der Waals surface area contributed by atoms with Gasteiger partial charge in [0, 0.05) is 39.9 Å². The molecule has 0 atom stereocenters. The van der Waals surface area contributed by atoms with Crippen LogP contribution in [0.1, 0.15) is 34.3 Å².